The fraction of sp³-hybridized carbons (Fsp3) is 0.632. The van der Waals surface area contributed by atoms with Gasteiger partial charge in [0.2, 0.25) is 5.91 Å². The Labute approximate surface area is 143 Å². The third-order valence-electron chi connectivity index (χ3n) is 4.79. The predicted molar refractivity (Wildman–Crippen MR) is 91.1 cm³/mol. The third-order valence-corrected chi connectivity index (χ3v) is 4.79. The number of amides is 1. The minimum atomic E-state index is -0.563. The minimum absolute atomic E-state index is 0.0721. The summed E-state index contributed by atoms with van der Waals surface area (Å²) in [4.78, 5) is 30.8. The number of likely N-dealkylation sites (tertiary alicyclic amines) is 1. The molecule has 4 nitrogen and oxygen atoms in total. The average molecular weight is 334 g/mol. The summed E-state index contributed by atoms with van der Waals surface area (Å²) in [5.74, 6) is -0.728. The number of piperidine rings is 1. The molecule has 0 bridgehead atoms. The monoisotopic (exact) mass is 334 g/mol. The number of aromatic nitrogens is 1. The molecular formula is C19H27FN2O2. The zero-order chi connectivity index (χ0) is 17.5. The fourth-order valence-corrected chi connectivity index (χ4v) is 3.47. The molecule has 1 amide bonds. The maximum atomic E-state index is 13.7. The van der Waals surface area contributed by atoms with Crippen molar-refractivity contribution in [3.8, 4) is 0 Å². The first kappa shape index (κ1) is 18.6. The van der Waals surface area contributed by atoms with Crippen LogP contribution in [0.25, 0.3) is 0 Å². The van der Waals surface area contributed by atoms with E-state index in [-0.39, 0.29) is 29.2 Å². The molecule has 1 fully saturated rings. The van der Waals surface area contributed by atoms with Crippen LogP contribution in [-0.2, 0) is 4.79 Å². The van der Waals surface area contributed by atoms with Crippen LogP contribution in [0, 0.1) is 17.7 Å². The van der Waals surface area contributed by atoms with E-state index < -0.39 is 5.82 Å². The Bertz CT molecular complexity index is 562. The Morgan fingerprint density at radius 1 is 1.25 bits per heavy atom. The van der Waals surface area contributed by atoms with Crippen LogP contribution in [0.5, 0.6) is 0 Å². The largest absolute Gasteiger partial charge is 0.342 e. The zero-order valence-corrected chi connectivity index (χ0v) is 14.6. The summed E-state index contributed by atoms with van der Waals surface area (Å²) >= 11 is 0. The van der Waals surface area contributed by atoms with Crippen molar-refractivity contribution in [3.63, 3.8) is 0 Å². The van der Waals surface area contributed by atoms with Gasteiger partial charge in [-0.05, 0) is 37.8 Å². The maximum Gasteiger partial charge on any atom is 0.225 e. The molecule has 5 heteroatoms. The van der Waals surface area contributed by atoms with Crippen LogP contribution in [0.3, 0.4) is 0 Å². The fourth-order valence-electron chi connectivity index (χ4n) is 3.47. The summed E-state index contributed by atoms with van der Waals surface area (Å²) in [6.45, 7) is 5.35. The highest BCUT2D eigenvalue weighted by molar-refractivity contribution is 5.96. The van der Waals surface area contributed by atoms with E-state index in [0.29, 0.717) is 25.9 Å². The number of hydrogen-bond donors (Lipinski definition) is 0. The first-order valence-corrected chi connectivity index (χ1v) is 9.01. The van der Waals surface area contributed by atoms with Gasteiger partial charge in [0.05, 0.1) is 0 Å². The van der Waals surface area contributed by atoms with E-state index in [1.54, 1.807) is 0 Å². The summed E-state index contributed by atoms with van der Waals surface area (Å²) in [6.07, 6.45) is 6.47. The van der Waals surface area contributed by atoms with Crippen molar-refractivity contribution in [1.82, 2.24) is 9.88 Å². The molecule has 0 saturated carbocycles. The number of carbonyl (C=O) groups is 2. The van der Waals surface area contributed by atoms with Gasteiger partial charge in [-0.3, -0.25) is 14.6 Å². The molecule has 0 radical (unpaired) electrons. The summed E-state index contributed by atoms with van der Waals surface area (Å²) in [5.41, 5.74) is -0.0721. The van der Waals surface area contributed by atoms with E-state index in [1.165, 1.54) is 18.3 Å². The lowest BCUT2D eigenvalue weighted by molar-refractivity contribution is -0.137. The van der Waals surface area contributed by atoms with Crippen LogP contribution >= 0.6 is 0 Å². The van der Waals surface area contributed by atoms with Crippen LogP contribution in [-0.4, -0.2) is 34.7 Å². The van der Waals surface area contributed by atoms with Gasteiger partial charge < -0.3 is 4.90 Å². The number of halogens is 1. The van der Waals surface area contributed by atoms with Crippen LogP contribution in [0.1, 0.15) is 62.9 Å². The standard InChI is InChI=1S/C19H27FN2O2/c1-3-6-15(7-4-2)19(24)22-12-9-14(10-13-22)18(23)17-16(20)8-5-11-21-17/h5,8,11,14-15H,3-4,6-7,9-10,12-13H2,1-2H3. The van der Waals surface area contributed by atoms with Gasteiger partial charge in [0.25, 0.3) is 0 Å². The molecular weight excluding hydrogens is 307 g/mol. The lowest BCUT2D eigenvalue weighted by atomic mass is 9.89. The summed E-state index contributed by atoms with van der Waals surface area (Å²) in [7, 11) is 0. The molecule has 0 unspecified atom stereocenters. The quantitative estimate of drug-likeness (QED) is 0.712. The number of hydrogen-bond acceptors (Lipinski definition) is 3. The van der Waals surface area contributed by atoms with Crippen molar-refractivity contribution in [1.29, 1.82) is 0 Å². The van der Waals surface area contributed by atoms with Gasteiger partial charge in [-0.15, -0.1) is 0 Å². The smallest absolute Gasteiger partial charge is 0.225 e. The van der Waals surface area contributed by atoms with E-state index in [9.17, 15) is 14.0 Å². The molecule has 0 N–H and O–H groups in total. The molecule has 1 aliphatic rings. The molecule has 0 atom stereocenters. The maximum absolute atomic E-state index is 13.7. The second kappa shape index (κ2) is 8.90. The van der Waals surface area contributed by atoms with Crippen molar-refractivity contribution in [2.24, 2.45) is 11.8 Å². The SMILES string of the molecule is CCCC(CCC)C(=O)N1CCC(C(=O)c2ncccc2F)CC1. The van der Waals surface area contributed by atoms with Gasteiger partial charge in [0.1, 0.15) is 5.69 Å². The third kappa shape index (κ3) is 4.40. The molecule has 132 valence electrons. The number of carbonyl (C=O) groups excluding carboxylic acids is 2. The van der Waals surface area contributed by atoms with Crippen LogP contribution in [0.2, 0.25) is 0 Å². The van der Waals surface area contributed by atoms with E-state index in [4.69, 9.17) is 0 Å². The van der Waals surface area contributed by atoms with Gasteiger partial charge in [-0.25, -0.2) is 4.39 Å². The van der Waals surface area contributed by atoms with Gasteiger partial charge in [-0.2, -0.15) is 0 Å². The Hall–Kier alpha value is -1.78. The van der Waals surface area contributed by atoms with Crippen molar-refractivity contribution < 1.29 is 14.0 Å². The van der Waals surface area contributed by atoms with Crippen LogP contribution in [0.4, 0.5) is 4.39 Å². The lowest BCUT2D eigenvalue weighted by Gasteiger charge is -2.33. The summed E-state index contributed by atoms with van der Waals surface area (Å²) < 4.78 is 13.7. The van der Waals surface area contributed by atoms with E-state index in [2.05, 4.69) is 18.8 Å². The van der Waals surface area contributed by atoms with Crippen LogP contribution < -0.4 is 0 Å². The van der Waals surface area contributed by atoms with Crippen molar-refractivity contribution in [2.45, 2.75) is 52.4 Å². The number of Topliss-reactive ketones (excluding diaryl/α,β-unsaturated/α-hetero) is 1. The zero-order valence-electron chi connectivity index (χ0n) is 14.6. The molecule has 1 aromatic rings. The van der Waals surface area contributed by atoms with Crippen LogP contribution in [0.15, 0.2) is 18.3 Å². The number of ketones is 1. The van der Waals surface area contributed by atoms with Crippen molar-refractivity contribution in [2.75, 3.05) is 13.1 Å². The van der Waals surface area contributed by atoms with Crippen molar-refractivity contribution in [3.05, 3.63) is 29.8 Å². The summed E-state index contributed by atoms with van der Waals surface area (Å²) in [6, 6.07) is 2.74. The minimum Gasteiger partial charge on any atom is -0.342 e. The molecule has 1 saturated heterocycles. The number of rotatable bonds is 7. The molecule has 1 aliphatic heterocycles. The Morgan fingerprint density at radius 2 is 1.88 bits per heavy atom. The molecule has 0 spiro atoms. The molecule has 1 aromatic heterocycles. The normalized spacial score (nSPS) is 15.8. The molecule has 0 aliphatic carbocycles. The van der Waals surface area contributed by atoms with Gasteiger partial charge in [0, 0.05) is 31.1 Å². The number of pyridine rings is 1. The van der Waals surface area contributed by atoms with Crippen molar-refractivity contribution >= 4 is 11.7 Å². The highest BCUT2D eigenvalue weighted by Crippen LogP contribution is 2.25. The van der Waals surface area contributed by atoms with Gasteiger partial charge in [-0.1, -0.05) is 26.7 Å². The van der Waals surface area contributed by atoms with E-state index >= 15 is 0 Å². The average Bonchev–Trinajstić information content (AvgIpc) is 2.61. The highest BCUT2D eigenvalue weighted by atomic mass is 19.1. The highest BCUT2D eigenvalue weighted by Gasteiger charge is 2.31. The molecule has 2 rings (SSSR count). The van der Waals surface area contributed by atoms with E-state index in [0.717, 1.165) is 25.7 Å². The summed E-state index contributed by atoms with van der Waals surface area (Å²) in [5, 5.41) is 0. The first-order chi connectivity index (χ1) is 11.6. The lowest BCUT2D eigenvalue weighted by Crippen LogP contribution is -2.43. The first-order valence-electron chi connectivity index (χ1n) is 9.01. The molecule has 0 aromatic carbocycles. The second-order valence-electron chi connectivity index (χ2n) is 6.57. The second-order valence-corrected chi connectivity index (χ2v) is 6.57. The molecule has 24 heavy (non-hydrogen) atoms. The number of nitrogens with zero attached hydrogens (tertiary/aromatic N) is 2. The van der Waals surface area contributed by atoms with Gasteiger partial charge in [0.15, 0.2) is 11.6 Å². The molecule has 2 heterocycles. The van der Waals surface area contributed by atoms with Gasteiger partial charge >= 0.3 is 0 Å². The topological polar surface area (TPSA) is 50.3 Å². The Morgan fingerprint density at radius 3 is 2.42 bits per heavy atom. The van der Waals surface area contributed by atoms with E-state index in [1.807, 2.05) is 4.90 Å². The Kier molecular flexibility index (Phi) is 6.88. The predicted octanol–water partition coefficient (Wildman–Crippen LogP) is 3.86. The Balaban J connectivity index is 1.94.